The molecule has 1 fully saturated rings. The lowest BCUT2D eigenvalue weighted by atomic mass is 10.2. The Morgan fingerprint density at radius 2 is 2.08 bits per heavy atom. The number of carboxylic acid groups (broad SMARTS) is 1. The van der Waals surface area contributed by atoms with E-state index >= 15 is 0 Å². The van der Waals surface area contributed by atoms with E-state index in [1.165, 1.54) is 12.8 Å². The predicted octanol–water partition coefficient (Wildman–Crippen LogP) is 1.86. The fraction of sp³-hybridized carbons (Fsp3) is 0.778. The van der Waals surface area contributed by atoms with Gasteiger partial charge in [0.1, 0.15) is 5.71 Å². The van der Waals surface area contributed by atoms with Crippen LogP contribution in [0.3, 0.4) is 0 Å². The second-order valence-corrected chi connectivity index (χ2v) is 3.17. The summed E-state index contributed by atoms with van der Waals surface area (Å²) >= 11 is 0. The number of carbonyl (C=O) groups is 1. The molecule has 0 amide bonds. The minimum absolute atomic E-state index is 0.288. The molecule has 0 spiro atoms. The molecule has 3 heteroatoms. The lowest BCUT2D eigenvalue weighted by Gasteiger charge is -2.03. The van der Waals surface area contributed by atoms with Crippen LogP contribution in [0, 0.1) is 0 Å². The molecule has 0 aromatic rings. The summed E-state index contributed by atoms with van der Waals surface area (Å²) in [5.74, 6) is -0.857. The average molecular weight is 169 g/mol. The van der Waals surface area contributed by atoms with Gasteiger partial charge in [-0.2, -0.15) is 0 Å². The van der Waals surface area contributed by atoms with Crippen molar-refractivity contribution < 1.29 is 9.90 Å². The van der Waals surface area contributed by atoms with Crippen LogP contribution in [0.2, 0.25) is 0 Å². The second kappa shape index (κ2) is 4.24. The third-order valence-corrected chi connectivity index (χ3v) is 2.24. The Bertz CT molecular complexity index is 193. The molecule has 3 nitrogen and oxygen atoms in total. The third-order valence-electron chi connectivity index (χ3n) is 2.24. The smallest absolute Gasteiger partial charge is 0.349 e. The molecule has 1 saturated carbocycles. The van der Waals surface area contributed by atoms with Crippen LogP contribution in [0.25, 0.3) is 0 Å². The summed E-state index contributed by atoms with van der Waals surface area (Å²) in [5.41, 5.74) is 0.335. The minimum Gasteiger partial charge on any atom is -0.477 e. The van der Waals surface area contributed by atoms with Gasteiger partial charge in [-0.25, -0.2) is 4.79 Å². The molecule has 0 radical (unpaired) electrons. The largest absolute Gasteiger partial charge is 0.477 e. The highest BCUT2D eigenvalue weighted by molar-refractivity contribution is 6.35. The van der Waals surface area contributed by atoms with E-state index in [-0.39, 0.29) is 6.04 Å². The summed E-state index contributed by atoms with van der Waals surface area (Å²) in [5, 5.41) is 8.70. The number of nitrogens with zero attached hydrogens (tertiary/aromatic N) is 1. The van der Waals surface area contributed by atoms with Crippen molar-refractivity contribution in [1.82, 2.24) is 0 Å². The van der Waals surface area contributed by atoms with Gasteiger partial charge in [0, 0.05) is 0 Å². The van der Waals surface area contributed by atoms with Gasteiger partial charge in [-0.05, 0) is 19.3 Å². The van der Waals surface area contributed by atoms with Crippen molar-refractivity contribution in [3.05, 3.63) is 0 Å². The third kappa shape index (κ3) is 2.32. The van der Waals surface area contributed by atoms with E-state index in [0.717, 1.165) is 12.8 Å². The van der Waals surface area contributed by atoms with Crippen molar-refractivity contribution in [2.24, 2.45) is 4.99 Å². The summed E-state index contributed by atoms with van der Waals surface area (Å²) in [4.78, 5) is 14.8. The van der Waals surface area contributed by atoms with Crippen LogP contribution in [0.1, 0.15) is 39.0 Å². The Balaban J connectivity index is 2.56. The molecule has 1 aliphatic rings. The molecule has 68 valence electrons. The minimum atomic E-state index is -0.857. The molecule has 0 heterocycles. The number of hydrogen-bond acceptors (Lipinski definition) is 2. The van der Waals surface area contributed by atoms with Crippen LogP contribution in [0.15, 0.2) is 4.99 Å². The summed E-state index contributed by atoms with van der Waals surface area (Å²) in [6.07, 6.45) is 5.06. The molecule has 1 N–H and O–H groups in total. The van der Waals surface area contributed by atoms with E-state index in [1.54, 1.807) is 0 Å². The maximum absolute atomic E-state index is 10.6. The Morgan fingerprint density at radius 1 is 1.50 bits per heavy atom. The van der Waals surface area contributed by atoms with E-state index in [4.69, 9.17) is 5.11 Å². The maximum Gasteiger partial charge on any atom is 0.349 e. The van der Waals surface area contributed by atoms with Crippen molar-refractivity contribution in [3.8, 4) is 0 Å². The lowest BCUT2D eigenvalue weighted by Crippen LogP contribution is -2.14. The fourth-order valence-electron chi connectivity index (χ4n) is 1.55. The molecule has 0 saturated heterocycles. The van der Waals surface area contributed by atoms with E-state index in [9.17, 15) is 4.79 Å². The van der Waals surface area contributed by atoms with Crippen molar-refractivity contribution in [1.29, 1.82) is 0 Å². The summed E-state index contributed by atoms with van der Waals surface area (Å²) in [7, 11) is 0. The van der Waals surface area contributed by atoms with E-state index in [2.05, 4.69) is 4.99 Å². The molecule has 1 rings (SSSR count). The van der Waals surface area contributed by atoms with Crippen molar-refractivity contribution in [2.75, 3.05) is 0 Å². The molecule has 0 unspecified atom stereocenters. The predicted molar refractivity (Wildman–Crippen MR) is 47.6 cm³/mol. The van der Waals surface area contributed by atoms with E-state index in [1.807, 2.05) is 6.92 Å². The van der Waals surface area contributed by atoms with Crippen molar-refractivity contribution in [3.63, 3.8) is 0 Å². The van der Waals surface area contributed by atoms with Crippen LogP contribution < -0.4 is 0 Å². The summed E-state index contributed by atoms with van der Waals surface area (Å²) < 4.78 is 0. The molecule has 1 aliphatic carbocycles. The molecule has 0 aromatic carbocycles. The van der Waals surface area contributed by atoms with Crippen LogP contribution in [0.5, 0.6) is 0 Å². The highest BCUT2D eigenvalue weighted by atomic mass is 16.4. The number of aliphatic imine (C=N–C) groups is 1. The first-order chi connectivity index (χ1) is 5.74. The first-order valence-corrected chi connectivity index (χ1v) is 4.54. The Labute approximate surface area is 72.5 Å². The van der Waals surface area contributed by atoms with Gasteiger partial charge < -0.3 is 5.11 Å². The standard InChI is InChI=1S/C9H15NO2/c1-2-8(9(11)12)10-7-5-3-4-6-7/h7H,2-6H2,1H3,(H,11,12). The lowest BCUT2D eigenvalue weighted by molar-refractivity contribution is -0.129. The molecule has 0 aromatic heterocycles. The number of hydrogen-bond donors (Lipinski definition) is 1. The second-order valence-electron chi connectivity index (χ2n) is 3.17. The zero-order valence-corrected chi connectivity index (χ0v) is 7.42. The van der Waals surface area contributed by atoms with Crippen LogP contribution in [-0.4, -0.2) is 22.8 Å². The summed E-state index contributed by atoms with van der Waals surface area (Å²) in [6.45, 7) is 1.84. The molecule has 12 heavy (non-hydrogen) atoms. The van der Waals surface area contributed by atoms with Gasteiger partial charge in [-0.1, -0.05) is 19.8 Å². The monoisotopic (exact) mass is 169 g/mol. The van der Waals surface area contributed by atoms with Gasteiger partial charge in [0.25, 0.3) is 0 Å². The first kappa shape index (κ1) is 9.23. The fourth-order valence-corrected chi connectivity index (χ4v) is 1.55. The Kier molecular flexibility index (Phi) is 3.26. The number of carboxylic acids is 1. The van der Waals surface area contributed by atoms with Gasteiger partial charge in [-0.15, -0.1) is 0 Å². The van der Waals surface area contributed by atoms with Gasteiger partial charge in [0.05, 0.1) is 6.04 Å². The highest BCUT2D eigenvalue weighted by Gasteiger charge is 2.16. The van der Waals surface area contributed by atoms with Crippen molar-refractivity contribution >= 4 is 11.7 Å². The van der Waals surface area contributed by atoms with Gasteiger partial charge >= 0.3 is 5.97 Å². The highest BCUT2D eigenvalue weighted by Crippen LogP contribution is 2.21. The normalized spacial score (nSPS) is 19.9. The maximum atomic E-state index is 10.6. The van der Waals surface area contributed by atoms with Crippen LogP contribution in [-0.2, 0) is 4.79 Å². The Hall–Kier alpha value is -0.860. The molecular weight excluding hydrogens is 154 g/mol. The van der Waals surface area contributed by atoms with E-state index < -0.39 is 5.97 Å². The molecule has 0 bridgehead atoms. The summed E-state index contributed by atoms with van der Waals surface area (Å²) in [6, 6.07) is 0.288. The van der Waals surface area contributed by atoms with Crippen molar-refractivity contribution in [2.45, 2.75) is 45.1 Å². The topological polar surface area (TPSA) is 49.7 Å². The molecule has 0 atom stereocenters. The zero-order valence-electron chi connectivity index (χ0n) is 7.42. The quantitative estimate of drug-likeness (QED) is 0.655. The zero-order chi connectivity index (χ0) is 8.97. The van der Waals surface area contributed by atoms with E-state index in [0.29, 0.717) is 12.1 Å². The molecular formula is C9H15NO2. The van der Waals surface area contributed by atoms with Gasteiger partial charge in [-0.3, -0.25) is 4.99 Å². The van der Waals surface area contributed by atoms with Gasteiger partial charge in [0.2, 0.25) is 0 Å². The van der Waals surface area contributed by atoms with Gasteiger partial charge in [0.15, 0.2) is 0 Å². The average Bonchev–Trinajstić information content (AvgIpc) is 2.51. The SMILES string of the molecule is CCC(=NC1CCCC1)C(=O)O. The molecule has 0 aliphatic heterocycles. The first-order valence-electron chi connectivity index (χ1n) is 4.54. The van der Waals surface area contributed by atoms with Crippen LogP contribution >= 0.6 is 0 Å². The Morgan fingerprint density at radius 3 is 2.50 bits per heavy atom. The van der Waals surface area contributed by atoms with Crippen LogP contribution in [0.4, 0.5) is 0 Å². The number of rotatable bonds is 3. The number of aliphatic carboxylic acids is 1.